The molecule has 0 radical (unpaired) electrons. The Morgan fingerprint density at radius 3 is 2.29 bits per heavy atom. The van der Waals surface area contributed by atoms with Gasteiger partial charge in [-0.05, 0) is 18.8 Å². The zero-order valence-corrected chi connectivity index (χ0v) is 23.5. The maximum absolute atomic E-state index is 14.0. The molecule has 232 valence electrons. The van der Waals surface area contributed by atoms with Gasteiger partial charge in [-0.1, -0.05) is 13.8 Å². The van der Waals surface area contributed by atoms with Gasteiger partial charge in [0, 0.05) is 37.9 Å². The minimum absolute atomic E-state index is 0.0345. The largest absolute Gasteiger partial charge is 0.378 e. The van der Waals surface area contributed by atoms with Crippen molar-refractivity contribution in [2.45, 2.75) is 81.3 Å². The highest BCUT2D eigenvalue weighted by atomic mass is 19.3. The molecule has 2 aromatic heterocycles. The lowest BCUT2D eigenvalue weighted by Crippen LogP contribution is -2.48. The SMILES string of the molecule is CC(C)NC(c1cn2ncc(C3CN(C4COC4)CC3C(=O)N3CC(F)(F)C(F)(F)C3)nc2n1)C1CCC(F)(F)CC1. The van der Waals surface area contributed by atoms with Crippen LogP contribution in [0.25, 0.3) is 5.78 Å². The van der Waals surface area contributed by atoms with E-state index in [0.29, 0.717) is 48.9 Å². The molecular weight excluding hydrogens is 568 g/mol. The number of ether oxygens (including phenoxy) is 1. The van der Waals surface area contributed by atoms with Gasteiger partial charge in [0.15, 0.2) is 0 Å². The summed E-state index contributed by atoms with van der Waals surface area (Å²) >= 11 is 0. The number of rotatable bonds is 7. The average Bonchev–Trinajstić information content (AvgIpc) is 3.54. The minimum Gasteiger partial charge on any atom is -0.378 e. The van der Waals surface area contributed by atoms with Crippen LogP contribution in [0.1, 0.15) is 62.9 Å². The summed E-state index contributed by atoms with van der Waals surface area (Å²) in [5.74, 6) is -13.3. The molecule has 1 aliphatic carbocycles. The van der Waals surface area contributed by atoms with Gasteiger partial charge in [-0.15, -0.1) is 0 Å². The summed E-state index contributed by atoms with van der Waals surface area (Å²) in [7, 11) is 0. The predicted molar refractivity (Wildman–Crippen MR) is 138 cm³/mol. The molecule has 2 aromatic rings. The van der Waals surface area contributed by atoms with E-state index in [-0.39, 0.29) is 49.2 Å². The third kappa shape index (κ3) is 5.47. The fourth-order valence-corrected chi connectivity index (χ4v) is 6.63. The summed E-state index contributed by atoms with van der Waals surface area (Å²) < 4.78 is 90.3. The number of likely N-dealkylation sites (tertiary alicyclic amines) is 2. The van der Waals surface area contributed by atoms with E-state index >= 15 is 0 Å². The maximum Gasteiger partial charge on any atom is 0.329 e. The summed E-state index contributed by atoms with van der Waals surface area (Å²) in [6, 6.07) is -0.190. The second-order valence-corrected chi connectivity index (χ2v) is 12.5. The Labute approximate surface area is 239 Å². The second-order valence-electron chi connectivity index (χ2n) is 12.5. The van der Waals surface area contributed by atoms with E-state index in [1.54, 1.807) is 6.20 Å². The number of carbonyl (C=O) groups is 1. The summed E-state index contributed by atoms with van der Waals surface area (Å²) in [5.41, 5.74) is 1.02. The Kier molecular flexibility index (Phi) is 7.44. The standard InChI is InChI=1S/C27H35F6N7O2/c1-15(2)35-22(16-3-5-25(28,29)6-4-16)21-10-40-24(37-21)36-20(7-34-40)18-8-38(17-11-42-12-17)9-19(18)23(41)39-13-26(30,31)27(32,33)14-39/h7,10,15-19,22,35H,3-6,8-9,11-14H2,1-2H3. The molecular formula is C27H35F6N7O2. The van der Waals surface area contributed by atoms with Crippen molar-refractivity contribution in [3.63, 3.8) is 0 Å². The molecule has 3 aliphatic heterocycles. The van der Waals surface area contributed by atoms with Gasteiger partial charge in [-0.2, -0.15) is 22.7 Å². The van der Waals surface area contributed by atoms with E-state index in [0.717, 1.165) is 0 Å². The van der Waals surface area contributed by atoms with Crippen LogP contribution in [0.4, 0.5) is 26.3 Å². The molecule has 42 heavy (non-hydrogen) atoms. The van der Waals surface area contributed by atoms with Crippen molar-refractivity contribution < 1.29 is 35.9 Å². The fourth-order valence-electron chi connectivity index (χ4n) is 6.63. The fraction of sp³-hybridized carbons (Fsp3) is 0.778. The number of hydrogen-bond acceptors (Lipinski definition) is 7. The van der Waals surface area contributed by atoms with Crippen molar-refractivity contribution in [1.29, 1.82) is 0 Å². The Morgan fingerprint density at radius 2 is 1.69 bits per heavy atom. The van der Waals surface area contributed by atoms with Crippen LogP contribution in [-0.4, -0.2) is 105 Å². The predicted octanol–water partition coefficient (Wildman–Crippen LogP) is 3.52. The number of fused-ring (bicyclic) bond motifs is 1. The van der Waals surface area contributed by atoms with Crippen LogP contribution in [-0.2, 0) is 9.53 Å². The molecule has 15 heteroatoms. The Hall–Kier alpha value is -2.52. The quantitative estimate of drug-likeness (QED) is 0.485. The summed E-state index contributed by atoms with van der Waals surface area (Å²) in [5, 5.41) is 7.91. The van der Waals surface area contributed by atoms with Crippen LogP contribution in [0.2, 0.25) is 0 Å². The molecule has 0 bridgehead atoms. The van der Waals surface area contributed by atoms with Crippen LogP contribution < -0.4 is 5.32 Å². The molecule has 5 heterocycles. The van der Waals surface area contributed by atoms with Gasteiger partial charge in [0.1, 0.15) is 0 Å². The number of nitrogens with zero attached hydrogens (tertiary/aromatic N) is 6. The van der Waals surface area contributed by atoms with Crippen molar-refractivity contribution in [3.8, 4) is 0 Å². The molecule has 4 fully saturated rings. The molecule has 3 atom stereocenters. The first-order valence-corrected chi connectivity index (χ1v) is 14.5. The summed E-state index contributed by atoms with van der Waals surface area (Å²) in [6.07, 6.45) is 3.52. The van der Waals surface area contributed by atoms with Gasteiger partial charge in [-0.3, -0.25) is 9.69 Å². The first-order chi connectivity index (χ1) is 19.7. The van der Waals surface area contributed by atoms with Crippen LogP contribution in [0.15, 0.2) is 12.4 Å². The molecule has 4 aliphatic rings. The third-order valence-electron chi connectivity index (χ3n) is 9.10. The number of nitrogens with one attached hydrogen (secondary N) is 1. The lowest BCUT2D eigenvalue weighted by atomic mass is 9.81. The second kappa shape index (κ2) is 10.6. The van der Waals surface area contributed by atoms with Crippen molar-refractivity contribution in [2.75, 3.05) is 39.4 Å². The number of halogens is 6. The van der Waals surface area contributed by atoms with Gasteiger partial charge in [-0.25, -0.2) is 23.3 Å². The molecule has 1 amide bonds. The zero-order chi connectivity index (χ0) is 30.0. The van der Waals surface area contributed by atoms with Gasteiger partial charge < -0.3 is 15.0 Å². The first kappa shape index (κ1) is 29.5. The number of imidazole rings is 1. The van der Waals surface area contributed by atoms with Crippen LogP contribution in [0.3, 0.4) is 0 Å². The van der Waals surface area contributed by atoms with Gasteiger partial charge in [0.05, 0.1) is 68.1 Å². The van der Waals surface area contributed by atoms with Crippen LogP contribution >= 0.6 is 0 Å². The van der Waals surface area contributed by atoms with Crippen LogP contribution in [0, 0.1) is 11.8 Å². The van der Waals surface area contributed by atoms with Crippen molar-refractivity contribution >= 4 is 11.7 Å². The number of amides is 1. The van der Waals surface area contributed by atoms with E-state index < -0.39 is 48.6 Å². The van der Waals surface area contributed by atoms with Crippen molar-refractivity contribution in [1.82, 2.24) is 34.7 Å². The Bertz CT molecular complexity index is 1290. The molecule has 0 spiro atoms. The third-order valence-corrected chi connectivity index (χ3v) is 9.10. The zero-order valence-electron chi connectivity index (χ0n) is 23.5. The lowest BCUT2D eigenvalue weighted by molar-refractivity contribution is -0.172. The summed E-state index contributed by atoms with van der Waals surface area (Å²) in [6.45, 7) is 2.74. The molecule has 1 N–H and O–H groups in total. The Balaban J connectivity index is 1.27. The lowest BCUT2D eigenvalue weighted by Gasteiger charge is -2.34. The molecule has 3 unspecified atom stereocenters. The number of hydrogen-bond donors (Lipinski definition) is 1. The van der Waals surface area contributed by atoms with Crippen molar-refractivity contribution in [3.05, 3.63) is 23.8 Å². The number of alkyl halides is 6. The Morgan fingerprint density at radius 1 is 1.02 bits per heavy atom. The summed E-state index contributed by atoms with van der Waals surface area (Å²) in [4.78, 5) is 25.4. The molecule has 1 saturated carbocycles. The van der Waals surface area contributed by atoms with E-state index in [1.165, 1.54) is 10.7 Å². The highest BCUT2D eigenvalue weighted by molar-refractivity contribution is 5.81. The minimum atomic E-state index is -4.29. The van der Waals surface area contributed by atoms with Crippen LogP contribution in [0.5, 0.6) is 0 Å². The highest BCUT2D eigenvalue weighted by Crippen LogP contribution is 2.44. The monoisotopic (exact) mass is 603 g/mol. The highest BCUT2D eigenvalue weighted by Gasteiger charge is 2.64. The van der Waals surface area contributed by atoms with E-state index in [2.05, 4.69) is 20.4 Å². The van der Waals surface area contributed by atoms with Gasteiger partial charge in [0.25, 0.3) is 5.78 Å². The number of carbonyl (C=O) groups excluding carboxylic acids is 1. The smallest absolute Gasteiger partial charge is 0.329 e. The number of aromatic nitrogens is 4. The van der Waals surface area contributed by atoms with Gasteiger partial charge >= 0.3 is 11.8 Å². The first-order valence-electron chi connectivity index (χ1n) is 14.5. The normalized spacial score (nSPS) is 28.9. The van der Waals surface area contributed by atoms with E-state index in [1.807, 2.05) is 18.7 Å². The molecule has 0 aromatic carbocycles. The molecule has 3 saturated heterocycles. The average molecular weight is 604 g/mol. The van der Waals surface area contributed by atoms with E-state index in [4.69, 9.17) is 4.74 Å². The maximum atomic E-state index is 14.0. The van der Waals surface area contributed by atoms with E-state index in [9.17, 15) is 31.1 Å². The molecule has 6 rings (SSSR count). The topological polar surface area (TPSA) is 87.9 Å². The van der Waals surface area contributed by atoms with Crippen molar-refractivity contribution in [2.24, 2.45) is 11.8 Å². The van der Waals surface area contributed by atoms with Gasteiger partial charge in [0.2, 0.25) is 11.8 Å². The molecule has 9 nitrogen and oxygen atoms in total.